The minimum Gasteiger partial charge on any atom is -0.444 e. The van der Waals surface area contributed by atoms with E-state index in [4.69, 9.17) is 4.74 Å². The lowest BCUT2D eigenvalue weighted by Gasteiger charge is -2.24. The third kappa shape index (κ3) is 6.37. The van der Waals surface area contributed by atoms with Crippen molar-refractivity contribution in [3.8, 4) is 0 Å². The molecule has 0 saturated carbocycles. The van der Waals surface area contributed by atoms with Crippen LogP contribution in [0.15, 0.2) is 0 Å². The monoisotopic (exact) mass is 191 g/mol. The molecule has 0 aliphatic heterocycles. The van der Waals surface area contributed by atoms with E-state index in [1.165, 1.54) is 4.90 Å². The van der Waals surface area contributed by atoms with Gasteiger partial charge in [-0.2, -0.15) is 0 Å². The Morgan fingerprint density at radius 2 is 2.00 bits per heavy atom. The molecule has 0 aromatic rings. The molecule has 0 heterocycles. The van der Waals surface area contributed by atoms with Gasteiger partial charge in [-0.1, -0.05) is 0 Å². The van der Waals surface area contributed by atoms with Gasteiger partial charge in [0, 0.05) is 13.6 Å². The molecule has 78 valence electrons. The van der Waals surface area contributed by atoms with E-state index in [0.29, 0.717) is 13.0 Å². The van der Waals surface area contributed by atoms with Crippen molar-refractivity contribution >= 4 is 6.09 Å². The summed E-state index contributed by atoms with van der Waals surface area (Å²) in [5.41, 5.74) is -0.485. The highest BCUT2D eigenvalue weighted by Crippen LogP contribution is 2.08. The summed E-state index contributed by atoms with van der Waals surface area (Å²) in [6.07, 6.45) is -0.0450. The second-order valence-electron chi connectivity index (χ2n) is 3.94. The van der Waals surface area contributed by atoms with Crippen molar-refractivity contribution in [1.82, 2.24) is 4.90 Å². The van der Waals surface area contributed by atoms with Gasteiger partial charge >= 0.3 is 6.09 Å². The molecule has 0 saturated heterocycles. The maximum absolute atomic E-state index is 11.8. The van der Waals surface area contributed by atoms with Gasteiger partial charge in [0.05, 0.1) is 6.67 Å². The summed E-state index contributed by atoms with van der Waals surface area (Å²) in [7, 11) is 1.60. The summed E-state index contributed by atoms with van der Waals surface area (Å²) in [6, 6.07) is 0. The average Bonchev–Trinajstić information content (AvgIpc) is 1.96. The van der Waals surface area contributed by atoms with Crippen molar-refractivity contribution < 1.29 is 13.9 Å². The number of nitrogens with zero attached hydrogens (tertiary/aromatic N) is 1. The average molecular weight is 191 g/mol. The number of halogens is 1. The summed E-state index contributed by atoms with van der Waals surface area (Å²) >= 11 is 0. The van der Waals surface area contributed by atoms with E-state index in [0.717, 1.165) is 0 Å². The van der Waals surface area contributed by atoms with Crippen LogP contribution >= 0.6 is 0 Å². The zero-order valence-electron chi connectivity index (χ0n) is 8.76. The topological polar surface area (TPSA) is 29.5 Å². The van der Waals surface area contributed by atoms with Crippen LogP contribution in [0.5, 0.6) is 0 Å². The lowest BCUT2D eigenvalue weighted by atomic mass is 10.2. The molecule has 1 amide bonds. The first-order chi connectivity index (χ1) is 5.87. The van der Waals surface area contributed by atoms with Crippen LogP contribution in [0.25, 0.3) is 0 Å². The van der Waals surface area contributed by atoms with E-state index >= 15 is 0 Å². The van der Waals surface area contributed by atoms with Crippen molar-refractivity contribution in [1.29, 1.82) is 0 Å². The number of ether oxygens (including phenoxy) is 1. The number of carbonyl (C=O) groups is 1. The zero-order valence-corrected chi connectivity index (χ0v) is 8.76. The second-order valence-corrected chi connectivity index (χ2v) is 3.94. The van der Waals surface area contributed by atoms with Crippen molar-refractivity contribution in [3.05, 3.63) is 0 Å². The van der Waals surface area contributed by atoms with Gasteiger partial charge in [-0.3, -0.25) is 4.39 Å². The molecule has 0 aromatic heterocycles. The molecule has 0 atom stereocenters. The van der Waals surface area contributed by atoms with Crippen LogP contribution in [0.2, 0.25) is 0 Å². The normalized spacial score (nSPS) is 11.2. The lowest BCUT2D eigenvalue weighted by Crippen LogP contribution is -2.34. The van der Waals surface area contributed by atoms with Gasteiger partial charge < -0.3 is 9.64 Å². The number of alkyl halides is 1. The molecule has 13 heavy (non-hydrogen) atoms. The number of rotatable bonds is 3. The van der Waals surface area contributed by atoms with Crippen LogP contribution in [-0.4, -0.2) is 36.9 Å². The quantitative estimate of drug-likeness (QED) is 0.684. The number of hydrogen-bond donors (Lipinski definition) is 0. The first-order valence-corrected chi connectivity index (χ1v) is 4.37. The summed E-state index contributed by atoms with van der Waals surface area (Å²) in [4.78, 5) is 12.6. The van der Waals surface area contributed by atoms with E-state index in [1.807, 2.05) is 0 Å². The standard InChI is InChI=1S/C9H18FNO2/c1-9(2,3)13-8(12)11(4)7-5-6-10/h5-7H2,1-4H3. The molecule has 0 radical (unpaired) electrons. The Labute approximate surface area is 78.9 Å². The maximum Gasteiger partial charge on any atom is 0.410 e. The van der Waals surface area contributed by atoms with Gasteiger partial charge in [-0.05, 0) is 27.2 Å². The van der Waals surface area contributed by atoms with Crippen LogP contribution in [0.1, 0.15) is 27.2 Å². The number of carbonyl (C=O) groups excluding carboxylic acids is 1. The summed E-state index contributed by atoms with van der Waals surface area (Å²) in [5, 5.41) is 0. The van der Waals surface area contributed by atoms with Crippen LogP contribution < -0.4 is 0 Å². The lowest BCUT2D eigenvalue weighted by molar-refractivity contribution is 0.0295. The molecule has 0 spiro atoms. The third-order valence-electron chi connectivity index (χ3n) is 1.33. The Kier molecular flexibility index (Phi) is 4.73. The largest absolute Gasteiger partial charge is 0.444 e. The number of amides is 1. The predicted molar refractivity (Wildman–Crippen MR) is 49.5 cm³/mol. The number of hydrogen-bond acceptors (Lipinski definition) is 2. The van der Waals surface area contributed by atoms with E-state index in [9.17, 15) is 9.18 Å². The fourth-order valence-electron chi connectivity index (χ4n) is 0.728. The Morgan fingerprint density at radius 1 is 1.46 bits per heavy atom. The maximum atomic E-state index is 11.8. The van der Waals surface area contributed by atoms with E-state index in [2.05, 4.69) is 0 Å². The smallest absolute Gasteiger partial charge is 0.410 e. The Morgan fingerprint density at radius 3 is 2.38 bits per heavy atom. The molecule has 4 heteroatoms. The summed E-state index contributed by atoms with van der Waals surface area (Å²) in [5.74, 6) is 0. The van der Waals surface area contributed by atoms with Gasteiger partial charge in [0.2, 0.25) is 0 Å². The molecule has 0 rings (SSSR count). The van der Waals surface area contributed by atoms with Gasteiger partial charge in [0.1, 0.15) is 5.60 Å². The van der Waals surface area contributed by atoms with Crippen molar-refractivity contribution in [3.63, 3.8) is 0 Å². The fraction of sp³-hybridized carbons (Fsp3) is 0.889. The van der Waals surface area contributed by atoms with Gasteiger partial charge in [0.15, 0.2) is 0 Å². The van der Waals surface area contributed by atoms with E-state index in [-0.39, 0.29) is 0 Å². The fourth-order valence-corrected chi connectivity index (χ4v) is 0.728. The van der Waals surface area contributed by atoms with Gasteiger partial charge in [-0.15, -0.1) is 0 Å². The minimum atomic E-state index is -0.485. The van der Waals surface area contributed by atoms with Crippen LogP contribution in [0.3, 0.4) is 0 Å². The molecule has 0 bridgehead atoms. The molecular formula is C9H18FNO2. The van der Waals surface area contributed by atoms with Crippen LogP contribution in [0, 0.1) is 0 Å². The molecule has 0 aliphatic rings. The third-order valence-corrected chi connectivity index (χ3v) is 1.33. The van der Waals surface area contributed by atoms with Crippen molar-refractivity contribution in [2.45, 2.75) is 32.8 Å². The first kappa shape index (κ1) is 12.2. The summed E-state index contributed by atoms with van der Waals surface area (Å²) < 4.78 is 16.8. The zero-order chi connectivity index (χ0) is 10.5. The molecule has 0 fully saturated rings. The van der Waals surface area contributed by atoms with Crippen molar-refractivity contribution in [2.75, 3.05) is 20.3 Å². The molecular weight excluding hydrogens is 173 g/mol. The highest BCUT2D eigenvalue weighted by atomic mass is 19.1. The molecule has 0 unspecified atom stereocenters. The van der Waals surface area contributed by atoms with E-state index in [1.54, 1.807) is 27.8 Å². The first-order valence-electron chi connectivity index (χ1n) is 4.37. The Balaban J connectivity index is 3.83. The predicted octanol–water partition coefficient (Wildman–Crippen LogP) is 2.21. The Bertz CT molecular complexity index is 165. The highest BCUT2D eigenvalue weighted by Gasteiger charge is 2.18. The SMILES string of the molecule is CN(CCCF)C(=O)OC(C)(C)C. The summed E-state index contributed by atoms with van der Waals surface area (Å²) in [6.45, 7) is 5.38. The van der Waals surface area contributed by atoms with Gasteiger partial charge in [0.25, 0.3) is 0 Å². The minimum absolute atomic E-state index is 0.357. The van der Waals surface area contributed by atoms with Crippen LogP contribution in [0.4, 0.5) is 9.18 Å². The van der Waals surface area contributed by atoms with Crippen molar-refractivity contribution in [2.24, 2.45) is 0 Å². The second kappa shape index (κ2) is 5.04. The molecule has 0 aromatic carbocycles. The Hall–Kier alpha value is -0.800. The molecule has 0 N–H and O–H groups in total. The van der Waals surface area contributed by atoms with Crippen LogP contribution in [-0.2, 0) is 4.74 Å². The van der Waals surface area contributed by atoms with E-state index < -0.39 is 18.4 Å². The molecule has 0 aliphatic carbocycles. The highest BCUT2D eigenvalue weighted by molar-refractivity contribution is 5.67. The van der Waals surface area contributed by atoms with Gasteiger partial charge in [-0.25, -0.2) is 4.79 Å². The molecule has 3 nitrogen and oxygen atoms in total.